The minimum absolute atomic E-state index is 1.14. The molecule has 0 nitrogen and oxygen atoms in total. The molecule has 0 aliphatic rings. The Kier molecular flexibility index (Phi) is 9.36. The van der Waals surface area contributed by atoms with Crippen LogP contribution in [0.4, 0.5) is 0 Å². The summed E-state index contributed by atoms with van der Waals surface area (Å²) in [5.74, 6) is 0. The van der Waals surface area contributed by atoms with Crippen LogP contribution in [0.3, 0.4) is 0 Å². The minimum Gasteiger partial charge on any atom is -0.0683 e. The van der Waals surface area contributed by atoms with E-state index in [0.29, 0.717) is 0 Å². The van der Waals surface area contributed by atoms with Crippen molar-refractivity contribution < 1.29 is 0 Å². The third-order valence-electron chi connectivity index (χ3n) is 4.30. The Morgan fingerprint density at radius 1 is 0.696 bits per heavy atom. The van der Waals surface area contributed by atoms with Crippen LogP contribution in [0.25, 0.3) is 0 Å². The van der Waals surface area contributed by atoms with Gasteiger partial charge in [-0.05, 0) is 67.7 Å². The topological polar surface area (TPSA) is 0 Å². The van der Waals surface area contributed by atoms with E-state index in [9.17, 15) is 0 Å². The normalized spacial score (nSPS) is 10.1. The SMILES string of the molecule is CC.CCc1cccc(CCCCc2cc(C)ccc2CC)c1. The highest BCUT2D eigenvalue weighted by atomic mass is 14.1. The van der Waals surface area contributed by atoms with Gasteiger partial charge in [0.05, 0.1) is 0 Å². The van der Waals surface area contributed by atoms with Gasteiger partial charge in [-0.3, -0.25) is 0 Å². The van der Waals surface area contributed by atoms with Crippen molar-refractivity contribution in [2.45, 2.75) is 73.1 Å². The number of unbranched alkanes of at least 4 members (excludes halogenated alkanes) is 1. The van der Waals surface area contributed by atoms with Crippen molar-refractivity contribution in [3.8, 4) is 0 Å². The number of aryl methyl sites for hydroxylation is 5. The standard InChI is InChI=1S/C21H28.C2H6/c1-4-18-10-8-11-19(16-18)9-6-7-12-21-15-17(3)13-14-20(21)5-2;1-2/h8,10-11,13-16H,4-7,9,12H2,1-3H3;1-2H3. The molecule has 0 saturated heterocycles. The summed E-state index contributed by atoms with van der Waals surface area (Å²) in [5.41, 5.74) is 7.42. The predicted molar refractivity (Wildman–Crippen MR) is 104 cm³/mol. The smallest absolute Gasteiger partial charge is 0.0276 e. The first kappa shape index (κ1) is 19.5. The van der Waals surface area contributed by atoms with Gasteiger partial charge >= 0.3 is 0 Å². The van der Waals surface area contributed by atoms with Crippen molar-refractivity contribution in [1.82, 2.24) is 0 Å². The third kappa shape index (κ3) is 6.60. The van der Waals surface area contributed by atoms with E-state index in [-0.39, 0.29) is 0 Å². The molecule has 0 atom stereocenters. The van der Waals surface area contributed by atoms with Crippen LogP contribution in [-0.4, -0.2) is 0 Å². The third-order valence-corrected chi connectivity index (χ3v) is 4.30. The Labute approximate surface area is 144 Å². The van der Waals surface area contributed by atoms with Crippen LogP contribution in [0.2, 0.25) is 0 Å². The molecule has 2 aromatic rings. The zero-order valence-electron chi connectivity index (χ0n) is 15.8. The molecule has 0 amide bonds. The Morgan fingerprint density at radius 3 is 2.09 bits per heavy atom. The van der Waals surface area contributed by atoms with E-state index < -0.39 is 0 Å². The lowest BCUT2D eigenvalue weighted by atomic mass is 9.96. The summed E-state index contributed by atoms with van der Waals surface area (Å²) in [5, 5.41) is 0. The number of hydrogen-bond acceptors (Lipinski definition) is 0. The van der Waals surface area contributed by atoms with Gasteiger partial charge in [0.2, 0.25) is 0 Å². The van der Waals surface area contributed by atoms with Crippen LogP contribution < -0.4 is 0 Å². The Hall–Kier alpha value is -1.56. The number of rotatable bonds is 7. The lowest BCUT2D eigenvalue weighted by molar-refractivity contribution is 0.729. The van der Waals surface area contributed by atoms with Crippen LogP contribution in [0.5, 0.6) is 0 Å². The number of hydrogen-bond donors (Lipinski definition) is 0. The quantitative estimate of drug-likeness (QED) is 0.498. The first-order chi connectivity index (χ1) is 11.2. The van der Waals surface area contributed by atoms with Crippen LogP contribution in [0, 0.1) is 6.92 Å². The van der Waals surface area contributed by atoms with Crippen molar-refractivity contribution in [1.29, 1.82) is 0 Å². The fourth-order valence-corrected chi connectivity index (χ4v) is 2.98. The van der Waals surface area contributed by atoms with E-state index in [1.54, 1.807) is 5.56 Å². The fourth-order valence-electron chi connectivity index (χ4n) is 2.98. The lowest BCUT2D eigenvalue weighted by Crippen LogP contribution is -1.95. The summed E-state index contributed by atoms with van der Waals surface area (Å²) in [6, 6.07) is 16.0. The van der Waals surface area contributed by atoms with Gasteiger partial charge in [0.15, 0.2) is 0 Å². The fraction of sp³-hybridized carbons (Fsp3) is 0.478. The number of benzene rings is 2. The zero-order valence-corrected chi connectivity index (χ0v) is 15.8. The molecule has 0 fully saturated rings. The molecule has 0 radical (unpaired) electrons. The molecule has 0 aliphatic heterocycles. The maximum absolute atomic E-state index is 2.37. The Morgan fingerprint density at radius 2 is 1.39 bits per heavy atom. The van der Waals surface area contributed by atoms with Crippen molar-refractivity contribution in [3.63, 3.8) is 0 Å². The van der Waals surface area contributed by atoms with Crippen molar-refractivity contribution in [2.24, 2.45) is 0 Å². The average Bonchev–Trinajstić information content (AvgIpc) is 2.61. The highest BCUT2D eigenvalue weighted by Crippen LogP contribution is 2.16. The molecule has 0 N–H and O–H groups in total. The lowest BCUT2D eigenvalue weighted by Gasteiger charge is -2.09. The van der Waals surface area contributed by atoms with Gasteiger partial charge < -0.3 is 0 Å². The van der Waals surface area contributed by atoms with Crippen LogP contribution in [0.1, 0.15) is 68.4 Å². The van der Waals surface area contributed by atoms with Crippen LogP contribution in [-0.2, 0) is 25.7 Å². The van der Waals surface area contributed by atoms with Gasteiger partial charge in [-0.2, -0.15) is 0 Å². The van der Waals surface area contributed by atoms with Gasteiger partial charge in [0, 0.05) is 0 Å². The van der Waals surface area contributed by atoms with Gasteiger partial charge in [0.25, 0.3) is 0 Å². The molecule has 0 aliphatic carbocycles. The molecule has 126 valence electrons. The monoisotopic (exact) mass is 310 g/mol. The van der Waals surface area contributed by atoms with Gasteiger partial charge in [0.1, 0.15) is 0 Å². The first-order valence-electron chi connectivity index (χ1n) is 9.39. The summed E-state index contributed by atoms with van der Waals surface area (Å²) in [7, 11) is 0. The van der Waals surface area contributed by atoms with E-state index in [0.717, 1.165) is 12.8 Å². The van der Waals surface area contributed by atoms with Gasteiger partial charge in [-0.1, -0.05) is 75.7 Å². The summed E-state index contributed by atoms with van der Waals surface area (Å²) in [6.45, 7) is 10.7. The average molecular weight is 311 g/mol. The van der Waals surface area contributed by atoms with Gasteiger partial charge in [-0.15, -0.1) is 0 Å². The van der Waals surface area contributed by atoms with E-state index in [1.165, 1.54) is 47.9 Å². The molecule has 2 aromatic carbocycles. The molecule has 0 heteroatoms. The largest absolute Gasteiger partial charge is 0.0683 e. The van der Waals surface area contributed by atoms with E-state index in [2.05, 4.69) is 63.2 Å². The second-order valence-corrected chi connectivity index (χ2v) is 6.01. The molecule has 0 spiro atoms. The summed E-state index contributed by atoms with van der Waals surface area (Å²) >= 11 is 0. The highest BCUT2D eigenvalue weighted by Gasteiger charge is 2.02. The predicted octanol–water partition coefficient (Wildman–Crippen LogP) is 6.71. The molecule has 0 aromatic heterocycles. The van der Waals surface area contributed by atoms with Crippen LogP contribution in [0.15, 0.2) is 42.5 Å². The molecule has 0 heterocycles. The summed E-state index contributed by atoms with van der Waals surface area (Å²) < 4.78 is 0. The maximum atomic E-state index is 2.37. The molecule has 0 unspecified atom stereocenters. The maximum Gasteiger partial charge on any atom is -0.0276 e. The molecule has 0 bridgehead atoms. The zero-order chi connectivity index (χ0) is 17.1. The van der Waals surface area contributed by atoms with E-state index in [1.807, 2.05) is 13.8 Å². The van der Waals surface area contributed by atoms with Gasteiger partial charge in [-0.25, -0.2) is 0 Å². The van der Waals surface area contributed by atoms with E-state index >= 15 is 0 Å². The molecule has 23 heavy (non-hydrogen) atoms. The summed E-state index contributed by atoms with van der Waals surface area (Å²) in [4.78, 5) is 0. The minimum atomic E-state index is 1.14. The molecule has 2 rings (SSSR count). The van der Waals surface area contributed by atoms with Crippen LogP contribution >= 0.6 is 0 Å². The second-order valence-electron chi connectivity index (χ2n) is 6.01. The van der Waals surface area contributed by atoms with Crippen molar-refractivity contribution >= 4 is 0 Å². The molecular formula is C23H34. The van der Waals surface area contributed by atoms with Crippen molar-refractivity contribution in [3.05, 3.63) is 70.3 Å². The van der Waals surface area contributed by atoms with Crippen molar-refractivity contribution in [2.75, 3.05) is 0 Å². The Bertz CT molecular complexity index is 566. The first-order valence-corrected chi connectivity index (χ1v) is 9.39. The Balaban J connectivity index is 0.00000127. The molecular weight excluding hydrogens is 276 g/mol. The van der Waals surface area contributed by atoms with E-state index in [4.69, 9.17) is 0 Å². The summed E-state index contributed by atoms with van der Waals surface area (Å²) in [6.07, 6.45) is 7.28. The highest BCUT2D eigenvalue weighted by molar-refractivity contribution is 5.31. The second kappa shape index (κ2) is 11.0. The molecule has 0 saturated carbocycles.